The van der Waals surface area contributed by atoms with Crippen molar-refractivity contribution in [3.63, 3.8) is 0 Å². The number of hydrogen-bond donors (Lipinski definition) is 0. The van der Waals surface area contributed by atoms with E-state index in [0.717, 1.165) is 52.4 Å². The van der Waals surface area contributed by atoms with Gasteiger partial charge in [-0.25, -0.2) is 9.18 Å². The Hall–Kier alpha value is -1.70. The van der Waals surface area contributed by atoms with Crippen LogP contribution >= 0.6 is 0 Å². The summed E-state index contributed by atoms with van der Waals surface area (Å²) in [7, 11) is 0. The molecule has 1 amide bonds. The fourth-order valence-electron chi connectivity index (χ4n) is 4.08. The van der Waals surface area contributed by atoms with Crippen molar-refractivity contribution in [2.75, 3.05) is 72.1 Å². The Labute approximate surface area is 167 Å². The molecule has 2 aliphatic heterocycles. The maximum absolute atomic E-state index is 13.4. The van der Waals surface area contributed by atoms with Gasteiger partial charge >= 0.3 is 6.09 Å². The zero-order chi connectivity index (χ0) is 19.9. The molecule has 156 valence electrons. The number of piperazine rings is 2. The standard InChI is InChI=1S/C21H33FN4O2/c1-3-23-9-13-25(14-10-23)20(18-5-7-19(22)8-6-18)17-24-11-15-26(16-12-24)21(27)28-4-2/h5-8,20H,3-4,9-17H2,1-2H3. The molecule has 1 aromatic carbocycles. The van der Waals surface area contributed by atoms with Gasteiger partial charge in [-0.3, -0.25) is 9.80 Å². The molecule has 0 radical (unpaired) electrons. The van der Waals surface area contributed by atoms with Crippen LogP contribution in [0.15, 0.2) is 24.3 Å². The molecule has 0 saturated carbocycles. The minimum Gasteiger partial charge on any atom is -0.450 e. The minimum atomic E-state index is -0.215. The van der Waals surface area contributed by atoms with Gasteiger partial charge in [0.2, 0.25) is 0 Å². The molecular weight excluding hydrogens is 359 g/mol. The van der Waals surface area contributed by atoms with Crippen LogP contribution in [0.2, 0.25) is 0 Å². The molecule has 0 bridgehead atoms. The van der Waals surface area contributed by atoms with Gasteiger partial charge in [0.15, 0.2) is 0 Å². The number of halogens is 1. The first-order chi connectivity index (χ1) is 13.6. The van der Waals surface area contributed by atoms with Crippen molar-refractivity contribution in [1.29, 1.82) is 0 Å². The van der Waals surface area contributed by atoms with Crippen molar-refractivity contribution in [2.45, 2.75) is 19.9 Å². The summed E-state index contributed by atoms with van der Waals surface area (Å²) in [5.41, 5.74) is 1.17. The Morgan fingerprint density at radius 3 is 2.14 bits per heavy atom. The topological polar surface area (TPSA) is 39.3 Å². The highest BCUT2D eigenvalue weighted by Gasteiger charge is 2.29. The normalized spacial score (nSPS) is 20.9. The van der Waals surface area contributed by atoms with Crippen LogP contribution in [0.3, 0.4) is 0 Å². The number of amides is 1. The van der Waals surface area contributed by atoms with E-state index in [9.17, 15) is 9.18 Å². The number of carbonyl (C=O) groups is 1. The van der Waals surface area contributed by atoms with E-state index in [4.69, 9.17) is 4.74 Å². The van der Waals surface area contributed by atoms with Gasteiger partial charge in [-0.2, -0.15) is 0 Å². The zero-order valence-corrected chi connectivity index (χ0v) is 17.1. The molecule has 0 N–H and O–H groups in total. The van der Waals surface area contributed by atoms with Crippen LogP contribution in [0, 0.1) is 5.82 Å². The molecule has 6 nitrogen and oxygen atoms in total. The third kappa shape index (κ3) is 5.43. The van der Waals surface area contributed by atoms with Crippen molar-refractivity contribution in [3.8, 4) is 0 Å². The molecule has 1 aromatic rings. The van der Waals surface area contributed by atoms with E-state index in [1.807, 2.05) is 19.1 Å². The largest absolute Gasteiger partial charge is 0.450 e. The number of hydrogen-bond acceptors (Lipinski definition) is 5. The van der Waals surface area contributed by atoms with E-state index >= 15 is 0 Å². The lowest BCUT2D eigenvalue weighted by atomic mass is 10.0. The highest BCUT2D eigenvalue weighted by molar-refractivity contribution is 5.67. The third-order valence-corrected chi connectivity index (χ3v) is 5.88. The van der Waals surface area contributed by atoms with Crippen molar-refractivity contribution in [2.24, 2.45) is 0 Å². The van der Waals surface area contributed by atoms with Crippen LogP contribution in [0.4, 0.5) is 9.18 Å². The third-order valence-electron chi connectivity index (χ3n) is 5.88. The molecule has 28 heavy (non-hydrogen) atoms. The van der Waals surface area contributed by atoms with E-state index in [1.165, 1.54) is 5.56 Å². The average Bonchev–Trinajstić information content (AvgIpc) is 2.73. The summed E-state index contributed by atoms with van der Waals surface area (Å²) in [6.45, 7) is 13.7. The van der Waals surface area contributed by atoms with E-state index in [1.54, 1.807) is 17.0 Å². The predicted octanol–water partition coefficient (Wildman–Crippen LogP) is 2.28. The number of likely N-dealkylation sites (N-methyl/N-ethyl adjacent to an activating group) is 1. The molecule has 3 rings (SSSR count). The summed E-state index contributed by atoms with van der Waals surface area (Å²) in [6.07, 6.45) is -0.215. The average molecular weight is 393 g/mol. The maximum Gasteiger partial charge on any atom is 0.409 e. The first-order valence-electron chi connectivity index (χ1n) is 10.5. The fourth-order valence-corrected chi connectivity index (χ4v) is 4.08. The number of nitrogens with zero attached hydrogens (tertiary/aromatic N) is 4. The van der Waals surface area contributed by atoms with E-state index in [0.29, 0.717) is 19.7 Å². The van der Waals surface area contributed by atoms with E-state index < -0.39 is 0 Å². The number of benzene rings is 1. The van der Waals surface area contributed by atoms with E-state index in [2.05, 4.69) is 21.6 Å². The van der Waals surface area contributed by atoms with Crippen LogP contribution in [0.5, 0.6) is 0 Å². The summed E-state index contributed by atoms with van der Waals surface area (Å²) in [6, 6.07) is 7.20. The molecule has 2 heterocycles. The van der Waals surface area contributed by atoms with Gasteiger partial charge in [0, 0.05) is 64.9 Å². The Kier molecular flexibility index (Phi) is 7.65. The Morgan fingerprint density at radius 1 is 0.964 bits per heavy atom. The molecule has 7 heteroatoms. The second kappa shape index (κ2) is 10.2. The smallest absolute Gasteiger partial charge is 0.409 e. The Morgan fingerprint density at radius 2 is 1.57 bits per heavy atom. The summed E-state index contributed by atoms with van der Waals surface area (Å²) in [5.74, 6) is -0.193. The highest BCUT2D eigenvalue weighted by Crippen LogP contribution is 2.24. The summed E-state index contributed by atoms with van der Waals surface area (Å²) in [4.78, 5) is 21.1. The van der Waals surface area contributed by atoms with Crippen molar-refractivity contribution < 1.29 is 13.9 Å². The quantitative estimate of drug-likeness (QED) is 0.743. The number of ether oxygens (including phenoxy) is 1. The Bertz CT molecular complexity index is 611. The van der Waals surface area contributed by atoms with Gasteiger partial charge in [0.1, 0.15) is 5.82 Å². The summed E-state index contributed by atoms with van der Waals surface area (Å²) < 4.78 is 18.6. The molecule has 0 spiro atoms. The van der Waals surface area contributed by atoms with Gasteiger partial charge in [-0.1, -0.05) is 19.1 Å². The lowest BCUT2D eigenvalue weighted by molar-refractivity contribution is 0.0512. The van der Waals surface area contributed by atoms with Crippen LogP contribution < -0.4 is 0 Å². The first-order valence-corrected chi connectivity index (χ1v) is 10.5. The molecule has 2 saturated heterocycles. The van der Waals surface area contributed by atoms with Crippen LogP contribution in [0.25, 0.3) is 0 Å². The molecule has 0 aliphatic carbocycles. The van der Waals surface area contributed by atoms with Gasteiger partial charge in [-0.15, -0.1) is 0 Å². The minimum absolute atomic E-state index is 0.193. The second-order valence-electron chi connectivity index (χ2n) is 7.52. The zero-order valence-electron chi connectivity index (χ0n) is 17.1. The lowest BCUT2D eigenvalue weighted by Gasteiger charge is -2.42. The SMILES string of the molecule is CCOC(=O)N1CCN(CC(c2ccc(F)cc2)N2CCN(CC)CC2)CC1. The van der Waals surface area contributed by atoms with Crippen molar-refractivity contribution >= 4 is 6.09 Å². The molecular formula is C21H33FN4O2. The number of carbonyl (C=O) groups excluding carboxylic acids is 1. The highest BCUT2D eigenvalue weighted by atomic mass is 19.1. The van der Waals surface area contributed by atoms with Gasteiger partial charge in [-0.05, 0) is 31.2 Å². The van der Waals surface area contributed by atoms with E-state index in [-0.39, 0.29) is 18.0 Å². The van der Waals surface area contributed by atoms with Crippen LogP contribution in [-0.2, 0) is 4.74 Å². The monoisotopic (exact) mass is 392 g/mol. The van der Waals surface area contributed by atoms with Crippen molar-refractivity contribution in [1.82, 2.24) is 19.6 Å². The molecule has 2 aliphatic rings. The van der Waals surface area contributed by atoms with Gasteiger partial charge in [0.25, 0.3) is 0 Å². The Balaban J connectivity index is 1.63. The maximum atomic E-state index is 13.4. The lowest BCUT2D eigenvalue weighted by Crippen LogP contribution is -2.53. The molecule has 0 aromatic heterocycles. The molecule has 1 unspecified atom stereocenters. The van der Waals surface area contributed by atoms with Crippen LogP contribution in [-0.4, -0.2) is 97.7 Å². The molecule has 1 atom stereocenters. The molecule has 2 fully saturated rings. The first kappa shape index (κ1) is 21.0. The summed E-state index contributed by atoms with van der Waals surface area (Å²) in [5, 5.41) is 0. The second-order valence-corrected chi connectivity index (χ2v) is 7.52. The summed E-state index contributed by atoms with van der Waals surface area (Å²) >= 11 is 0. The van der Waals surface area contributed by atoms with Crippen molar-refractivity contribution in [3.05, 3.63) is 35.6 Å². The van der Waals surface area contributed by atoms with Gasteiger partial charge < -0.3 is 14.5 Å². The van der Waals surface area contributed by atoms with Crippen LogP contribution in [0.1, 0.15) is 25.5 Å². The number of rotatable bonds is 6. The van der Waals surface area contributed by atoms with Gasteiger partial charge in [0.05, 0.1) is 6.61 Å². The predicted molar refractivity (Wildman–Crippen MR) is 108 cm³/mol. The fraction of sp³-hybridized carbons (Fsp3) is 0.667.